The van der Waals surface area contributed by atoms with Crippen LogP contribution in [0.15, 0.2) is 126 Å². The van der Waals surface area contributed by atoms with Gasteiger partial charge in [-0.3, -0.25) is 0 Å². The van der Waals surface area contributed by atoms with E-state index in [2.05, 4.69) is 21.2 Å². The lowest BCUT2D eigenvalue weighted by Crippen LogP contribution is -1.87. The van der Waals surface area contributed by atoms with Crippen molar-refractivity contribution in [3.63, 3.8) is 0 Å². The number of nitrogens with two attached hydrogens (primary N) is 1. The van der Waals surface area contributed by atoms with Crippen molar-refractivity contribution in [2.45, 2.75) is 55.4 Å². The fraction of sp³-hybridized carbons (Fsp3) is 0.250. The maximum atomic E-state index is 5.36. The molecule has 4 aromatic rings. The monoisotopic (exact) mass is 538 g/mol. The van der Waals surface area contributed by atoms with E-state index in [0.717, 1.165) is 21.5 Å². The summed E-state index contributed by atoms with van der Waals surface area (Å²) in [6.45, 7) is 16.0. The molecule has 0 aliphatic carbocycles. The lowest BCUT2D eigenvalue weighted by molar-refractivity contribution is 1.50. The molecule has 3 N–H and O–H groups in total. The van der Waals surface area contributed by atoms with Gasteiger partial charge in [0.25, 0.3) is 0 Å². The van der Waals surface area contributed by atoms with Crippen molar-refractivity contribution in [1.29, 1.82) is 0 Å². The van der Waals surface area contributed by atoms with Crippen LogP contribution in [0.5, 0.6) is 0 Å². The van der Waals surface area contributed by atoms with E-state index in [1.807, 2.05) is 177 Å². The number of nitrogen functional groups attached to an aromatic ring is 1. The Morgan fingerprint density at radius 2 is 0.686 bits per heavy atom. The van der Waals surface area contributed by atoms with Crippen LogP contribution >= 0.6 is 15.9 Å². The average Bonchev–Trinajstić information content (AvgIpc) is 2.96. The van der Waals surface area contributed by atoms with Crippen LogP contribution in [0.1, 0.15) is 55.4 Å². The van der Waals surface area contributed by atoms with Crippen molar-refractivity contribution in [2.75, 3.05) is 11.1 Å². The lowest BCUT2D eigenvalue weighted by atomic mass is 10.3. The van der Waals surface area contributed by atoms with Gasteiger partial charge in [-0.1, -0.05) is 144 Å². The highest BCUT2D eigenvalue weighted by atomic mass is 79.9. The number of benzene rings is 4. The van der Waals surface area contributed by atoms with Crippen molar-refractivity contribution in [2.24, 2.45) is 0 Å². The fourth-order valence-corrected chi connectivity index (χ4v) is 2.38. The van der Waals surface area contributed by atoms with Crippen LogP contribution in [-0.2, 0) is 0 Å². The summed E-state index contributed by atoms with van der Waals surface area (Å²) in [6, 6.07) is 39.7. The number of rotatable bonds is 2. The third-order valence-electron chi connectivity index (χ3n) is 3.37. The number of anilines is 3. The van der Waals surface area contributed by atoms with Crippen LogP contribution in [0.3, 0.4) is 0 Å². The molecule has 0 saturated heterocycles. The first kappa shape index (κ1) is 36.5. The Kier molecular flexibility index (Phi) is 32.3. The molecular formula is C32H47BrN2. The largest absolute Gasteiger partial charge is 0.399 e. The zero-order chi connectivity index (χ0) is 27.2. The second kappa shape index (κ2) is 31.0. The number of nitrogens with one attached hydrogen (secondary N) is 1. The molecule has 2 nitrogen and oxygen atoms in total. The van der Waals surface area contributed by atoms with Crippen LogP contribution in [0, 0.1) is 0 Å². The molecule has 0 unspecified atom stereocenters. The molecule has 4 rings (SSSR count). The Labute approximate surface area is 224 Å². The molecule has 0 amide bonds. The molecule has 0 aromatic heterocycles. The Balaban J connectivity index is -0.000000402. The molecule has 0 radical (unpaired) electrons. The quantitative estimate of drug-likeness (QED) is 0.249. The van der Waals surface area contributed by atoms with Gasteiger partial charge < -0.3 is 11.1 Å². The van der Waals surface area contributed by atoms with Crippen molar-refractivity contribution in [3.05, 3.63) is 126 Å². The minimum Gasteiger partial charge on any atom is -0.399 e. The van der Waals surface area contributed by atoms with Gasteiger partial charge in [0.1, 0.15) is 0 Å². The Hall–Kier alpha value is -3.04. The third kappa shape index (κ3) is 23.9. The van der Waals surface area contributed by atoms with E-state index in [0.29, 0.717) is 0 Å². The Bertz CT molecular complexity index is 778. The van der Waals surface area contributed by atoms with Gasteiger partial charge in [0.2, 0.25) is 0 Å². The number of halogens is 1. The van der Waals surface area contributed by atoms with Gasteiger partial charge in [0.15, 0.2) is 0 Å². The first-order valence-electron chi connectivity index (χ1n) is 12.6. The van der Waals surface area contributed by atoms with E-state index in [1.165, 1.54) is 0 Å². The molecule has 0 heterocycles. The smallest absolute Gasteiger partial charge is 0.0384 e. The van der Waals surface area contributed by atoms with E-state index in [4.69, 9.17) is 5.73 Å². The topological polar surface area (TPSA) is 38.0 Å². The second-order valence-electron chi connectivity index (χ2n) is 5.56. The summed E-state index contributed by atoms with van der Waals surface area (Å²) in [5.41, 5.74) is 8.42. The zero-order valence-electron chi connectivity index (χ0n) is 23.0. The Morgan fingerprint density at radius 3 is 0.886 bits per heavy atom. The molecule has 192 valence electrons. The van der Waals surface area contributed by atoms with Gasteiger partial charge in [-0.15, -0.1) is 0 Å². The van der Waals surface area contributed by atoms with E-state index < -0.39 is 0 Å². The predicted molar refractivity (Wildman–Crippen MR) is 167 cm³/mol. The summed E-state index contributed by atoms with van der Waals surface area (Å²) < 4.78 is 1.13. The van der Waals surface area contributed by atoms with Gasteiger partial charge >= 0.3 is 0 Å². The first-order chi connectivity index (χ1) is 17.2. The zero-order valence-corrected chi connectivity index (χ0v) is 24.6. The summed E-state index contributed by atoms with van der Waals surface area (Å²) in [4.78, 5) is 0. The van der Waals surface area contributed by atoms with Crippen LogP contribution in [0.4, 0.5) is 17.1 Å². The summed E-state index contributed by atoms with van der Waals surface area (Å²) in [5.74, 6) is 0. The molecule has 4 aromatic carbocycles. The molecule has 0 saturated carbocycles. The Morgan fingerprint density at radius 1 is 0.429 bits per heavy atom. The van der Waals surface area contributed by atoms with E-state index >= 15 is 0 Å². The van der Waals surface area contributed by atoms with Crippen molar-refractivity contribution >= 4 is 33.0 Å². The highest BCUT2D eigenvalue weighted by Gasteiger charge is 1.89. The fourth-order valence-electron chi connectivity index (χ4n) is 2.08. The van der Waals surface area contributed by atoms with E-state index in [-0.39, 0.29) is 0 Å². The van der Waals surface area contributed by atoms with Gasteiger partial charge in [-0.05, 0) is 48.5 Å². The SMILES string of the molecule is Brc1ccccc1.CC.CC.CC.CC.Nc1ccccc1.c1ccc(Nc2ccccc2)cc1. The van der Waals surface area contributed by atoms with E-state index in [1.54, 1.807) is 0 Å². The molecule has 0 atom stereocenters. The van der Waals surface area contributed by atoms with Gasteiger partial charge in [0, 0.05) is 21.5 Å². The van der Waals surface area contributed by atoms with Gasteiger partial charge in [-0.2, -0.15) is 0 Å². The second-order valence-corrected chi connectivity index (χ2v) is 6.48. The molecule has 0 spiro atoms. The molecule has 0 aliphatic rings. The number of para-hydroxylation sites is 3. The minimum atomic E-state index is 0.822. The standard InChI is InChI=1S/C12H11N.C6H5Br.C6H7N.4C2H6/c1-3-7-11(8-4-1)13-12-9-5-2-6-10-12;2*7-6-4-2-1-3-5-6;4*1-2/h1-10,13H;1-5H;1-5H,7H2;4*1-2H3. The summed E-state index contributed by atoms with van der Waals surface area (Å²) >= 11 is 3.31. The molecular weight excluding hydrogens is 492 g/mol. The number of hydrogen-bond acceptors (Lipinski definition) is 2. The van der Waals surface area contributed by atoms with Crippen molar-refractivity contribution < 1.29 is 0 Å². The molecule has 3 heteroatoms. The maximum Gasteiger partial charge on any atom is 0.0384 e. The predicted octanol–water partition coefficient (Wildman–Crippen LogP) is 11.3. The van der Waals surface area contributed by atoms with Crippen LogP contribution in [0.25, 0.3) is 0 Å². The van der Waals surface area contributed by atoms with Crippen LogP contribution in [-0.4, -0.2) is 0 Å². The van der Waals surface area contributed by atoms with Crippen LogP contribution in [0.2, 0.25) is 0 Å². The molecule has 0 fully saturated rings. The molecule has 0 bridgehead atoms. The number of hydrogen-bond donors (Lipinski definition) is 2. The highest BCUT2D eigenvalue weighted by Crippen LogP contribution is 2.14. The normalized spacial score (nSPS) is 7.69. The first-order valence-corrected chi connectivity index (χ1v) is 13.4. The molecule has 0 aliphatic heterocycles. The minimum absolute atomic E-state index is 0.822. The van der Waals surface area contributed by atoms with Gasteiger partial charge in [0.05, 0.1) is 0 Å². The van der Waals surface area contributed by atoms with Crippen molar-refractivity contribution in [3.8, 4) is 0 Å². The average molecular weight is 540 g/mol. The highest BCUT2D eigenvalue weighted by molar-refractivity contribution is 9.10. The summed E-state index contributed by atoms with van der Waals surface area (Å²) in [5, 5.41) is 3.30. The summed E-state index contributed by atoms with van der Waals surface area (Å²) in [7, 11) is 0. The van der Waals surface area contributed by atoms with Crippen LogP contribution < -0.4 is 11.1 Å². The third-order valence-corrected chi connectivity index (χ3v) is 3.90. The lowest BCUT2D eigenvalue weighted by Gasteiger charge is -2.04. The van der Waals surface area contributed by atoms with E-state index in [9.17, 15) is 0 Å². The summed E-state index contributed by atoms with van der Waals surface area (Å²) in [6.07, 6.45) is 0. The molecule has 35 heavy (non-hydrogen) atoms. The van der Waals surface area contributed by atoms with Crippen molar-refractivity contribution in [1.82, 2.24) is 0 Å². The van der Waals surface area contributed by atoms with Gasteiger partial charge in [-0.25, -0.2) is 0 Å². The maximum absolute atomic E-state index is 5.36.